The van der Waals surface area contributed by atoms with Gasteiger partial charge in [-0.25, -0.2) is 53.7 Å². The van der Waals surface area contributed by atoms with Crippen molar-refractivity contribution in [1.29, 1.82) is 0 Å². The zero-order valence-electron chi connectivity index (χ0n) is 28.8. The fraction of sp³-hybridized carbons (Fsp3) is 0.176. The summed E-state index contributed by atoms with van der Waals surface area (Å²) in [5, 5.41) is 7.27. The third-order valence-electron chi connectivity index (χ3n) is 7.59. The molecule has 6 aromatic rings. The molecule has 4 aromatic heterocycles. The number of hydrogen-bond acceptors (Lipinski definition) is 10. The van der Waals surface area contributed by atoms with E-state index in [2.05, 4.69) is 20.2 Å². The Morgan fingerprint density at radius 3 is 1.42 bits per heavy atom. The van der Waals surface area contributed by atoms with Crippen LogP contribution < -0.4 is 9.47 Å². The summed E-state index contributed by atoms with van der Waals surface area (Å²) in [5.41, 5.74) is -2.10. The van der Waals surface area contributed by atoms with Crippen molar-refractivity contribution in [3.63, 3.8) is 0 Å². The van der Waals surface area contributed by atoms with Crippen LogP contribution >= 0.6 is 0 Å². The molecular weight excluding hydrogens is 786 g/mol. The zero-order valence-corrected chi connectivity index (χ0v) is 30.4. The van der Waals surface area contributed by atoms with Crippen LogP contribution in [0.4, 0.5) is 30.7 Å². The van der Waals surface area contributed by atoms with Crippen LogP contribution in [-0.4, -0.2) is 73.1 Å². The molecule has 290 valence electrons. The van der Waals surface area contributed by atoms with Gasteiger partial charge in [-0.1, -0.05) is 0 Å². The first kappa shape index (κ1) is 40.4. The molecule has 0 fully saturated rings. The Morgan fingerprint density at radius 1 is 0.636 bits per heavy atom. The maximum absolute atomic E-state index is 14.4. The molecule has 0 saturated heterocycles. The van der Waals surface area contributed by atoms with Crippen LogP contribution in [0.15, 0.2) is 95.0 Å². The lowest BCUT2D eigenvalue weighted by atomic mass is 10.1. The van der Waals surface area contributed by atoms with Gasteiger partial charge in [-0.15, -0.1) is 0 Å². The summed E-state index contributed by atoms with van der Waals surface area (Å²) in [6, 6.07) is 14.4. The molecule has 4 heterocycles. The number of sulfone groups is 2. The highest BCUT2D eigenvalue weighted by molar-refractivity contribution is 7.91. The second-order valence-electron chi connectivity index (χ2n) is 11.4. The lowest BCUT2D eigenvalue weighted by Gasteiger charge is -2.09. The van der Waals surface area contributed by atoms with Gasteiger partial charge in [0, 0.05) is 48.2 Å². The Hall–Kier alpha value is -5.83. The average molecular weight is 813 g/mol. The van der Waals surface area contributed by atoms with Gasteiger partial charge in [-0.2, -0.15) is 23.4 Å². The van der Waals surface area contributed by atoms with E-state index in [4.69, 9.17) is 9.47 Å². The van der Waals surface area contributed by atoms with Crippen LogP contribution in [-0.2, 0) is 25.9 Å². The van der Waals surface area contributed by atoms with Crippen LogP contribution in [0.2, 0.25) is 0 Å². The van der Waals surface area contributed by atoms with Crippen LogP contribution in [0.1, 0.15) is 17.8 Å². The van der Waals surface area contributed by atoms with Crippen molar-refractivity contribution in [2.24, 2.45) is 0 Å². The highest BCUT2D eigenvalue weighted by atomic mass is 32.2. The SMILES string of the molecule is COc1ccc(-c2cc(C(F)(F)F)nn2-c2ccc(S(C)(=O)=O)cn2)c(F)c1.COc1ccc(-c2cc(C(F)F)nn2-c2ccc(S(C)(=O)=O)cn2)c(F)c1. The van der Waals surface area contributed by atoms with Crippen molar-refractivity contribution < 1.29 is 57.0 Å². The number of hydrogen-bond donors (Lipinski definition) is 0. The summed E-state index contributed by atoms with van der Waals surface area (Å²) in [6.07, 6.45) is -3.57. The van der Waals surface area contributed by atoms with Gasteiger partial charge in [-0.05, 0) is 60.7 Å². The molecule has 0 aliphatic carbocycles. The number of aromatic nitrogens is 6. The summed E-state index contributed by atoms with van der Waals surface area (Å²) >= 11 is 0. The van der Waals surface area contributed by atoms with Crippen LogP contribution in [0.5, 0.6) is 11.5 Å². The fourth-order valence-electron chi connectivity index (χ4n) is 4.85. The third-order valence-corrected chi connectivity index (χ3v) is 9.78. The van der Waals surface area contributed by atoms with E-state index in [-0.39, 0.29) is 55.4 Å². The fourth-order valence-corrected chi connectivity index (χ4v) is 5.97. The van der Waals surface area contributed by atoms with E-state index >= 15 is 0 Å². The molecule has 0 unspecified atom stereocenters. The molecule has 21 heteroatoms. The summed E-state index contributed by atoms with van der Waals surface area (Å²) in [4.78, 5) is 7.68. The van der Waals surface area contributed by atoms with Gasteiger partial charge in [0.05, 0.1) is 35.4 Å². The van der Waals surface area contributed by atoms with E-state index in [1.165, 1.54) is 62.8 Å². The van der Waals surface area contributed by atoms with Crippen molar-refractivity contribution >= 4 is 19.7 Å². The van der Waals surface area contributed by atoms with E-state index in [1.54, 1.807) is 0 Å². The molecule has 12 nitrogen and oxygen atoms in total. The molecule has 6 rings (SSSR count). The quantitative estimate of drug-likeness (QED) is 0.141. The largest absolute Gasteiger partial charge is 0.497 e. The van der Waals surface area contributed by atoms with E-state index in [0.717, 1.165) is 52.5 Å². The van der Waals surface area contributed by atoms with Gasteiger partial charge >= 0.3 is 6.18 Å². The first-order valence-corrected chi connectivity index (χ1v) is 19.1. The minimum Gasteiger partial charge on any atom is -0.497 e. The lowest BCUT2D eigenvalue weighted by Crippen LogP contribution is -2.08. The van der Waals surface area contributed by atoms with E-state index in [1.807, 2.05) is 0 Å². The standard InChI is InChI=1S/C17H13F4N3O3S.C17H14F3N3O3S/c1-27-10-3-5-12(13(18)7-10)14-8-15(17(19,20)21)23-24(14)16-6-4-11(9-22-16)28(2,25)26;1-26-10-3-5-12(13(18)7-10)15-8-14(17(19)20)22-23(15)16-6-4-11(9-21-16)27(2,24)25/h3-9H,1-2H3;3-9,17H,1-2H3. The molecule has 0 atom stereocenters. The number of rotatable bonds is 9. The first-order valence-electron chi connectivity index (χ1n) is 15.3. The van der Waals surface area contributed by atoms with Crippen LogP contribution in [0.25, 0.3) is 34.2 Å². The molecule has 55 heavy (non-hydrogen) atoms. The molecule has 0 saturated carbocycles. The minimum absolute atomic E-state index is 0.0178. The number of nitrogens with zero attached hydrogens (tertiary/aromatic N) is 6. The highest BCUT2D eigenvalue weighted by Gasteiger charge is 2.36. The van der Waals surface area contributed by atoms with Crippen molar-refractivity contribution in [2.75, 3.05) is 26.7 Å². The smallest absolute Gasteiger partial charge is 0.435 e. The Balaban J connectivity index is 0.000000211. The molecule has 0 aliphatic rings. The number of pyridine rings is 2. The van der Waals surface area contributed by atoms with Gasteiger partial charge in [0.2, 0.25) is 0 Å². The molecule has 0 bridgehead atoms. The molecule has 0 N–H and O–H groups in total. The maximum Gasteiger partial charge on any atom is 0.435 e. The minimum atomic E-state index is -4.77. The van der Waals surface area contributed by atoms with E-state index in [0.29, 0.717) is 6.07 Å². The number of alkyl halides is 5. The summed E-state index contributed by atoms with van der Waals surface area (Å²) in [5.74, 6) is -1.08. The Kier molecular flexibility index (Phi) is 11.4. The van der Waals surface area contributed by atoms with Gasteiger partial charge in [0.1, 0.15) is 28.8 Å². The summed E-state index contributed by atoms with van der Waals surface area (Å²) < 4.78 is 152. The lowest BCUT2D eigenvalue weighted by molar-refractivity contribution is -0.141. The predicted molar refractivity (Wildman–Crippen MR) is 183 cm³/mol. The van der Waals surface area contributed by atoms with Crippen molar-refractivity contribution in [3.05, 3.63) is 108 Å². The number of benzene rings is 2. The number of ether oxygens (including phenoxy) is 2. The van der Waals surface area contributed by atoms with Crippen molar-refractivity contribution in [2.45, 2.75) is 22.4 Å². The summed E-state index contributed by atoms with van der Waals surface area (Å²) in [6.45, 7) is 0. The molecule has 0 aliphatic heterocycles. The predicted octanol–water partition coefficient (Wildman–Crippen LogP) is 6.93. The second kappa shape index (κ2) is 15.5. The van der Waals surface area contributed by atoms with Gasteiger partial charge in [0.25, 0.3) is 6.43 Å². The van der Waals surface area contributed by atoms with Gasteiger partial charge in [0.15, 0.2) is 37.0 Å². The second-order valence-corrected chi connectivity index (χ2v) is 15.5. The van der Waals surface area contributed by atoms with E-state index < -0.39 is 55.3 Å². The Labute approximate surface area is 308 Å². The number of methoxy groups -OCH3 is 2. The Bertz CT molecular complexity index is 2560. The third kappa shape index (κ3) is 9.11. The topological polar surface area (TPSA) is 148 Å². The summed E-state index contributed by atoms with van der Waals surface area (Å²) in [7, 11) is -4.31. The van der Waals surface area contributed by atoms with Crippen molar-refractivity contribution in [1.82, 2.24) is 29.5 Å². The molecular formula is C34H27F7N6O6S2. The van der Waals surface area contributed by atoms with E-state index in [9.17, 15) is 47.6 Å². The highest BCUT2D eigenvalue weighted by Crippen LogP contribution is 2.35. The van der Waals surface area contributed by atoms with Gasteiger partial charge in [-0.3, -0.25) is 0 Å². The number of halogens is 7. The average Bonchev–Trinajstić information content (AvgIpc) is 3.78. The molecule has 0 spiro atoms. The van der Waals surface area contributed by atoms with Crippen LogP contribution in [0, 0.1) is 11.6 Å². The maximum atomic E-state index is 14.4. The molecule has 0 amide bonds. The van der Waals surface area contributed by atoms with Crippen molar-refractivity contribution in [3.8, 4) is 45.6 Å². The first-order chi connectivity index (χ1) is 25.7. The van der Waals surface area contributed by atoms with Crippen LogP contribution in [0.3, 0.4) is 0 Å². The zero-order chi connectivity index (χ0) is 40.5. The molecule has 2 aromatic carbocycles. The van der Waals surface area contributed by atoms with Gasteiger partial charge < -0.3 is 9.47 Å². The monoisotopic (exact) mass is 812 g/mol. The normalized spacial score (nSPS) is 12.0. The molecule has 0 radical (unpaired) electrons. The Morgan fingerprint density at radius 2 is 1.07 bits per heavy atom.